The molecule has 1 fully saturated rings. The molecule has 36 heavy (non-hydrogen) atoms. The highest BCUT2D eigenvalue weighted by Crippen LogP contribution is 2.31. The Labute approximate surface area is 213 Å². The second-order valence-electron chi connectivity index (χ2n) is 9.68. The third kappa shape index (κ3) is 6.14. The van der Waals surface area contributed by atoms with Crippen molar-refractivity contribution >= 4 is 17.3 Å². The second kappa shape index (κ2) is 11.7. The van der Waals surface area contributed by atoms with Crippen LogP contribution in [0, 0.1) is 13.8 Å². The van der Waals surface area contributed by atoms with Gasteiger partial charge in [-0.25, -0.2) is 9.97 Å². The van der Waals surface area contributed by atoms with Crippen molar-refractivity contribution in [3.8, 4) is 17.1 Å². The van der Waals surface area contributed by atoms with Crippen LogP contribution in [-0.4, -0.2) is 64.2 Å². The fourth-order valence-corrected chi connectivity index (χ4v) is 4.76. The standard InChI is InChI=1S/C27H39N7O2/c1-18-26(19(2)34(5)32-18)29-24-15-25(33(4)21-11-7-6-8-12-21)31-27(30-24)20-10-9-13-23(14-20)36-17-22(35)16-28-3/h9-10,13-15,21-22,28,35H,6-8,11-12,16-17H2,1-5H3,(H,29,30,31). The van der Waals surface area contributed by atoms with E-state index in [-0.39, 0.29) is 6.61 Å². The van der Waals surface area contributed by atoms with E-state index in [4.69, 9.17) is 14.7 Å². The van der Waals surface area contributed by atoms with Crippen molar-refractivity contribution in [2.24, 2.45) is 7.05 Å². The molecule has 0 radical (unpaired) electrons. The Kier molecular flexibility index (Phi) is 8.43. The van der Waals surface area contributed by atoms with Gasteiger partial charge in [0.2, 0.25) is 0 Å². The van der Waals surface area contributed by atoms with Crippen LogP contribution >= 0.6 is 0 Å². The molecule has 2 aromatic heterocycles. The van der Waals surface area contributed by atoms with Gasteiger partial charge in [-0.3, -0.25) is 4.68 Å². The van der Waals surface area contributed by atoms with Crippen LogP contribution in [0.2, 0.25) is 0 Å². The minimum atomic E-state index is -0.579. The number of nitrogens with one attached hydrogen (secondary N) is 2. The van der Waals surface area contributed by atoms with Gasteiger partial charge in [-0.1, -0.05) is 31.4 Å². The first-order valence-electron chi connectivity index (χ1n) is 12.8. The van der Waals surface area contributed by atoms with E-state index in [1.165, 1.54) is 32.1 Å². The molecule has 3 N–H and O–H groups in total. The van der Waals surface area contributed by atoms with Crippen LogP contribution in [0.3, 0.4) is 0 Å². The monoisotopic (exact) mass is 493 g/mol. The van der Waals surface area contributed by atoms with E-state index in [1.807, 2.05) is 55.9 Å². The maximum absolute atomic E-state index is 10.0. The first kappa shape index (κ1) is 25.9. The van der Waals surface area contributed by atoms with E-state index in [0.29, 0.717) is 24.2 Å². The average Bonchev–Trinajstić information content (AvgIpc) is 3.13. The summed E-state index contributed by atoms with van der Waals surface area (Å²) in [5.41, 5.74) is 3.79. The van der Waals surface area contributed by atoms with Crippen molar-refractivity contribution < 1.29 is 9.84 Å². The normalized spacial score (nSPS) is 15.1. The third-order valence-corrected chi connectivity index (χ3v) is 6.93. The summed E-state index contributed by atoms with van der Waals surface area (Å²) >= 11 is 0. The Morgan fingerprint density at radius 3 is 2.64 bits per heavy atom. The lowest BCUT2D eigenvalue weighted by Crippen LogP contribution is -2.34. The largest absolute Gasteiger partial charge is 0.491 e. The summed E-state index contributed by atoms with van der Waals surface area (Å²) in [6, 6.07) is 10.2. The average molecular weight is 494 g/mol. The molecule has 0 saturated heterocycles. The molecular formula is C27H39N7O2. The highest BCUT2D eigenvalue weighted by Gasteiger charge is 2.21. The highest BCUT2D eigenvalue weighted by molar-refractivity contribution is 5.68. The molecule has 1 aliphatic rings. The number of benzene rings is 1. The molecular weight excluding hydrogens is 454 g/mol. The van der Waals surface area contributed by atoms with Crippen molar-refractivity contribution in [2.45, 2.75) is 58.1 Å². The van der Waals surface area contributed by atoms with Gasteiger partial charge in [0.15, 0.2) is 5.82 Å². The van der Waals surface area contributed by atoms with Gasteiger partial charge in [-0.15, -0.1) is 0 Å². The number of anilines is 3. The molecule has 3 aromatic rings. The molecule has 1 aliphatic carbocycles. The molecule has 9 heteroatoms. The number of aryl methyl sites for hydroxylation is 2. The quantitative estimate of drug-likeness (QED) is 0.390. The van der Waals surface area contributed by atoms with E-state index in [1.54, 1.807) is 7.05 Å². The van der Waals surface area contributed by atoms with Gasteiger partial charge in [-0.2, -0.15) is 5.10 Å². The molecule has 1 saturated carbocycles. The lowest BCUT2D eigenvalue weighted by molar-refractivity contribution is 0.108. The summed E-state index contributed by atoms with van der Waals surface area (Å²) < 4.78 is 7.71. The number of aromatic nitrogens is 4. The van der Waals surface area contributed by atoms with Crippen molar-refractivity contribution in [1.29, 1.82) is 0 Å². The van der Waals surface area contributed by atoms with Crippen LogP contribution in [0.4, 0.5) is 17.3 Å². The predicted octanol–water partition coefficient (Wildman–Crippen LogP) is 3.97. The van der Waals surface area contributed by atoms with Gasteiger partial charge in [-0.05, 0) is 45.9 Å². The molecule has 2 heterocycles. The fraction of sp³-hybridized carbons (Fsp3) is 0.519. The topological polar surface area (TPSA) is 100 Å². The van der Waals surface area contributed by atoms with Gasteiger partial charge in [0.25, 0.3) is 0 Å². The van der Waals surface area contributed by atoms with Crippen LogP contribution in [-0.2, 0) is 7.05 Å². The first-order chi connectivity index (χ1) is 17.4. The summed E-state index contributed by atoms with van der Waals surface area (Å²) in [4.78, 5) is 12.2. The number of ether oxygens (including phenoxy) is 1. The van der Waals surface area contributed by atoms with Gasteiger partial charge in [0, 0.05) is 38.3 Å². The van der Waals surface area contributed by atoms with Gasteiger partial charge >= 0.3 is 0 Å². The molecule has 1 atom stereocenters. The molecule has 194 valence electrons. The molecule has 0 amide bonds. The molecule has 1 aromatic carbocycles. The second-order valence-corrected chi connectivity index (χ2v) is 9.68. The number of hydrogen-bond donors (Lipinski definition) is 3. The first-order valence-corrected chi connectivity index (χ1v) is 12.8. The van der Waals surface area contributed by atoms with E-state index < -0.39 is 6.10 Å². The minimum absolute atomic E-state index is 0.210. The van der Waals surface area contributed by atoms with Crippen molar-refractivity contribution in [2.75, 3.05) is 37.5 Å². The number of likely N-dealkylation sites (N-methyl/N-ethyl adjacent to an activating group) is 1. The zero-order valence-corrected chi connectivity index (χ0v) is 22.1. The minimum Gasteiger partial charge on any atom is -0.491 e. The lowest BCUT2D eigenvalue weighted by atomic mass is 9.94. The highest BCUT2D eigenvalue weighted by atomic mass is 16.5. The summed E-state index contributed by atoms with van der Waals surface area (Å²) in [7, 11) is 5.88. The van der Waals surface area contributed by atoms with E-state index >= 15 is 0 Å². The SMILES string of the molecule is CNCC(O)COc1cccc(-c2nc(Nc3c(C)nn(C)c3C)cc(N(C)C3CCCCC3)n2)c1. The predicted molar refractivity (Wildman–Crippen MR) is 144 cm³/mol. The van der Waals surface area contributed by atoms with Crippen LogP contribution in [0.15, 0.2) is 30.3 Å². The number of aliphatic hydroxyl groups excluding tert-OH is 1. The molecule has 0 spiro atoms. The number of hydrogen-bond acceptors (Lipinski definition) is 8. The van der Waals surface area contributed by atoms with E-state index in [0.717, 1.165) is 34.3 Å². The van der Waals surface area contributed by atoms with Gasteiger partial charge < -0.3 is 25.4 Å². The van der Waals surface area contributed by atoms with Crippen LogP contribution in [0.25, 0.3) is 11.4 Å². The number of aliphatic hydroxyl groups is 1. The van der Waals surface area contributed by atoms with Crippen LogP contribution in [0.5, 0.6) is 5.75 Å². The van der Waals surface area contributed by atoms with Gasteiger partial charge in [0.1, 0.15) is 30.1 Å². The van der Waals surface area contributed by atoms with Crippen LogP contribution in [0.1, 0.15) is 43.5 Å². The van der Waals surface area contributed by atoms with Crippen molar-refractivity contribution in [3.63, 3.8) is 0 Å². The zero-order valence-electron chi connectivity index (χ0n) is 22.1. The Bertz CT molecular complexity index is 1160. The Balaban J connectivity index is 1.67. The van der Waals surface area contributed by atoms with Crippen molar-refractivity contribution in [3.05, 3.63) is 41.7 Å². The summed E-state index contributed by atoms with van der Waals surface area (Å²) in [5.74, 6) is 2.92. The molecule has 1 unspecified atom stereocenters. The Hall–Kier alpha value is -3.17. The van der Waals surface area contributed by atoms with Crippen molar-refractivity contribution in [1.82, 2.24) is 25.1 Å². The fourth-order valence-electron chi connectivity index (χ4n) is 4.76. The molecule has 4 rings (SSSR count). The van der Waals surface area contributed by atoms with E-state index in [9.17, 15) is 5.11 Å². The zero-order chi connectivity index (χ0) is 25.7. The summed E-state index contributed by atoms with van der Waals surface area (Å²) in [5, 5.41) is 21.0. The number of rotatable bonds is 10. The smallest absolute Gasteiger partial charge is 0.164 e. The molecule has 0 bridgehead atoms. The van der Waals surface area contributed by atoms with E-state index in [2.05, 4.69) is 27.7 Å². The maximum atomic E-state index is 10.0. The lowest BCUT2D eigenvalue weighted by Gasteiger charge is -2.32. The number of nitrogens with zero attached hydrogens (tertiary/aromatic N) is 5. The van der Waals surface area contributed by atoms with Crippen LogP contribution < -0.4 is 20.3 Å². The van der Waals surface area contributed by atoms with Gasteiger partial charge in [0.05, 0.1) is 17.1 Å². The summed E-state index contributed by atoms with van der Waals surface area (Å²) in [6.07, 6.45) is 5.59. The Morgan fingerprint density at radius 1 is 1.17 bits per heavy atom. The molecule has 9 nitrogen and oxygen atoms in total. The molecule has 0 aliphatic heterocycles. The third-order valence-electron chi connectivity index (χ3n) is 6.93. The Morgan fingerprint density at radius 2 is 1.94 bits per heavy atom. The maximum Gasteiger partial charge on any atom is 0.164 e. The summed E-state index contributed by atoms with van der Waals surface area (Å²) in [6.45, 7) is 4.72.